The van der Waals surface area contributed by atoms with E-state index in [-0.39, 0.29) is 17.7 Å². The minimum atomic E-state index is -4.94. The zero-order valence-corrected chi connectivity index (χ0v) is 11.9. The Morgan fingerprint density at radius 2 is 1.81 bits per heavy atom. The van der Waals surface area contributed by atoms with Crippen molar-refractivity contribution in [3.63, 3.8) is 0 Å². The van der Waals surface area contributed by atoms with Crippen molar-refractivity contribution in [2.24, 2.45) is 0 Å². The molecular formula is C13H12ClF3O4. The van der Waals surface area contributed by atoms with Gasteiger partial charge in [-0.15, -0.1) is 24.8 Å². The van der Waals surface area contributed by atoms with E-state index < -0.39 is 29.2 Å². The molecule has 0 aliphatic carbocycles. The van der Waals surface area contributed by atoms with Crippen molar-refractivity contribution in [3.05, 3.63) is 29.3 Å². The van der Waals surface area contributed by atoms with Crippen molar-refractivity contribution < 1.29 is 32.2 Å². The number of carbonyl (C=O) groups is 2. The largest absolute Gasteiger partial charge is 0.573 e. The fourth-order valence-corrected chi connectivity index (χ4v) is 1.62. The van der Waals surface area contributed by atoms with Gasteiger partial charge in [-0.1, -0.05) is 0 Å². The molecule has 1 atom stereocenters. The number of ketones is 1. The average Bonchev–Trinajstić information content (AvgIpc) is 2.35. The first-order valence-electron chi connectivity index (χ1n) is 5.90. The summed E-state index contributed by atoms with van der Waals surface area (Å²) < 4.78 is 45.2. The predicted molar refractivity (Wildman–Crippen MR) is 68.7 cm³/mol. The summed E-state index contributed by atoms with van der Waals surface area (Å²) >= 11 is 5.61. The van der Waals surface area contributed by atoms with E-state index in [2.05, 4.69) is 9.47 Å². The zero-order valence-electron chi connectivity index (χ0n) is 11.2. The van der Waals surface area contributed by atoms with Gasteiger partial charge in [-0.05, 0) is 32.0 Å². The van der Waals surface area contributed by atoms with Crippen LogP contribution in [-0.2, 0) is 4.74 Å². The van der Waals surface area contributed by atoms with Gasteiger partial charge in [0.15, 0.2) is 5.78 Å². The molecule has 116 valence electrons. The van der Waals surface area contributed by atoms with Crippen molar-refractivity contribution in [1.29, 1.82) is 0 Å². The van der Waals surface area contributed by atoms with Crippen molar-refractivity contribution in [2.45, 2.75) is 25.6 Å². The summed E-state index contributed by atoms with van der Waals surface area (Å²) in [5.41, 5.74) is -0.387. The lowest BCUT2D eigenvalue weighted by molar-refractivity contribution is -0.274. The summed E-state index contributed by atoms with van der Waals surface area (Å²) in [6.45, 7) is 2.95. The molecule has 8 heteroatoms. The van der Waals surface area contributed by atoms with Gasteiger partial charge in [0.25, 0.3) is 0 Å². The second kappa shape index (κ2) is 6.80. The lowest BCUT2D eigenvalue weighted by atomic mass is 10.0. The lowest BCUT2D eigenvalue weighted by Crippen LogP contribution is -2.19. The molecule has 1 unspecified atom stereocenters. The van der Waals surface area contributed by atoms with Crippen LogP contribution in [0, 0.1) is 0 Å². The monoisotopic (exact) mass is 324 g/mol. The average molecular weight is 325 g/mol. The first-order valence-corrected chi connectivity index (χ1v) is 6.34. The SMILES string of the molecule is CCOC(=O)c1cc(OC(F)(F)F)cc(C(=O)C(C)Cl)c1. The van der Waals surface area contributed by atoms with Crippen LogP contribution in [0.3, 0.4) is 0 Å². The third-order valence-electron chi connectivity index (χ3n) is 2.30. The van der Waals surface area contributed by atoms with Crippen molar-refractivity contribution in [2.75, 3.05) is 6.61 Å². The van der Waals surface area contributed by atoms with Gasteiger partial charge >= 0.3 is 12.3 Å². The van der Waals surface area contributed by atoms with E-state index in [0.29, 0.717) is 0 Å². The molecule has 0 saturated heterocycles. The number of carbonyl (C=O) groups excluding carboxylic acids is 2. The van der Waals surface area contributed by atoms with Crippen molar-refractivity contribution in [3.8, 4) is 5.75 Å². The lowest BCUT2D eigenvalue weighted by Gasteiger charge is -2.12. The van der Waals surface area contributed by atoms with Crippen molar-refractivity contribution >= 4 is 23.4 Å². The maximum absolute atomic E-state index is 12.3. The van der Waals surface area contributed by atoms with E-state index in [1.165, 1.54) is 6.92 Å². The van der Waals surface area contributed by atoms with Gasteiger partial charge in [0, 0.05) is 5.56 Å². The summed E-state index contributed by atoms with van der Waals surface area (Å²) in [7, 11) is 0. The van der Waals surface area contributed by atoms with Crippen LogP contribution in [0.1, 0.15) is 34.6 Å². The molecular weight excluding hydrogens is 313 g/mol. The predicted octanol–water partition coefficient (Wildman–Crippen LogP) is 3.57. The number of alkyl halides is 4. The van der Waals surface area contributed by atoms with Crippen LogP contribution in [0.5, 0.6) is 5.75 Å². The number of halogens is 4. The highest BCUT2D eigenvalue weighted by molar-refractivity contribution is 6.33. The highest BCUT2D eigenvalue weighted by Gasteiger charge is 2.32. The molecule has 0 N–H and O–H groups in total. The molecule has 1 aromatic rings. The number of benzene rings is 1. The van der Waals surface area contributed by atoms with Gasteiger partial charge in [0.2, 0.25) is 0 Å². The van der Waals surface area contributed by atoms with E-state index in [1.54, 1.807) is 6.92 Å². The molecule has 0 aromatic heterocycles. The number of hydrogen-bond acceptors (Lipinski definition) is 4. The number of rotatable bonds is 5. The quantitative estimate of drug-likeness (QED) is 0.472. The van der Waals surface area contributed by atoms with Crippen LogP contribution in [0.2, 0.25) is 0 Å². The first-order chi connectivity index (χ1) is 9.64. The Morgan fingerprint density at radius 1 is 1.24 bits per heavy atom. The molecule has 0 aliphatic heterocycles. The maximum Gasteiger partial charge on any atom is 0.573 e. The third-order valence-corrected chi connectivity index (χ3v) is 2.50. The molecule has 1 rings (SSSR count). The molecule has 21 heavy (non-hydrogen) atoms. The third kappa shape index (κ3) is 5.26. The molecule has 0 spiro atoms. The Morgan fingerprint density at radius 3 is 2.29 bits per heavy atom. The minimum absolute atomic E-state index is 0.0401. The van der Waals surface area contributed by atoms with Gasteiger partial charge in [-0.3, -0.25) is 4.79 Å². The van der Waals surface area contributed by atoms with Gasteiger partial charge in [0.1, 0.15) is 5.75 Å². The normalized spacial score (nSPS) is 12.7. The molecule has 0 amide bonds. The molecule has 0 bridgehead atoms. The topological polar surface area (TPSA) is 52.6 Å². The first kappa shape index (κ1) is 17.3. The molecule has 1 aromatic carbocycles. The van der Waals surface area contributed by atoms with Crippen LogP contribution in [0.15, 0.2) is 18.2 Å². The second-order valence-corrected chi connectivity index (χ2v) is 4.65. The molecule has 0 aliphatic rings. The van der Waals surface area contributed by atoms with E-state index in [9.17, 15) is 22.8 Å². The number of hydrogen-bond donors (Lipinski definition) is 0. The highest BCUT2D eigenvalue weighted by atomic mass is 35.5. The minimum Gasteiger partial charge on any atom is -0.462 e. The van der Waals surface area contributed by atoms with Crippen LogP contribution < -0.4 is 4.74 Å². The number of Topliss-reactive ketones (excluding diaryl/α,β-unsaturated/α-hetero) is 1. The number of esters is 1. The summed E-state index contributed by atoms with van der Waals surface area (Å²) in [5, 5.41) is -0.957. The van der Waals surface area contributed by atoms with E-state index in [1.807, 2.05) is 0 Å². The molecule has 0 radical (unpaired) electrons. The van der Waals surface area contributed by atoms with Crippen molar-refractivity contribution in [1.82, 2.24) is 0 Å². The van der Waals surface area contributed by atoms with Crippen LogP contribution in [0.25, 0.3) is 0 Å². The van der Waals surface area contributed by atoms with Gasteiger partial charge in [-0.25, -0.2) is 4.79 Å². The van der Waals surface area contributed by atoms with Gasteiger partial charge in [0.05, 0.1) is 17.5 Å². The standard InChI is InChI=1S/C13H12ClF3O4/c1-3-20-12(19)9-4-8(11(18)7(2)14)5-10(6-9)21-13(15,16)17/h4-7H,3H2,1-2H3. The summed E-state index contributed by atoms with van der Waals surface area (Å²) in [6.07, 6.45) is -4.94. The molecule has 0 fully saturated rings. The summed E-state index contributed by atoms with van der Waals surface area (Å²) in [5.74, 6) is -2.18. The molecule has 0 heterocycles. The Hall–Kier alpha value is -1.76. The fraction of sp³-hybridized carbons (Fsp3) is 0.385. The van der Waals surface area contributed by atoms with Gasteiger partial charge < -0.3 is 9.47 Å². The summed E-state index contributed by atoms with van der Waals surface area (Å²) in [6, 6.07) is 2.83. The highest BCUT2D eigenvalue weighted by Crippen LogP contribution is 2.26. The smallest absolute Gasteiger partial charge is 0.462 e. The Balaban J connectivity index is 3.25. The van der Waals surface area contributed by atoms with Crippen LogP contribution >= 0.6 is 11.6 Å². The summed E-state index contributed by atoms with van der Waals surface area (Å²) in [4.78, 5) is 23.4. The Kier molecular flexibility index (Phi) is 5.60. The molecule has 4 nitrogen and oxygen atoms in total. The Bertz CT molecular complexity index is 541. The number of ether oxygens (including phenoxy) is 2. The maximum atomic E-state index is 12.3. The van der Waals surface area contributed by atoms with Crippen LogP contribution in [-0.4, -0.2) is 30.1 Å². The van der Waals surface area contributed by atoms with E-state index in [0.717, 1.165) is 18.2 Å². The van der Waals surface area contributed by atoms with Gasteiger partial charge in [-0.2, -0.15) is 0 Å². The van der Waals surface area contributed by atoms with E-state index >= 15 is 0 Å². The Labute approximate surface area is 123 Å². The zero-order chi connectivity index (χ0) is 16.2. The van der Waals surface area contributed by atoms with Crippen LogP contribution in [0.4, 0.5) is 13.2 Å². The second-order valence-electron chi connectivity index (χ2n) is 3.99. The van der Waals surface area contributed by atoms with E-state index in [4.69, 9.17) is 11.6 Å². The molecule has 0 saturated carbocycles. The fourth-order valence-electron chi connectivity index (χ4n) is 1.50.